The first kappa shape index (κ1) is 26.6. The molecule has 0 saturated carbocycles. The van der Waals surface area contributed by atoms with Gasteiger partial charge in [-0.1, -0.05) is 72.8 Å². The molecule has 0 atom stereocenters. The highest BCUT2D eigenvalue weighted by atomic mass is 16.4. The highest BCUT2D eigenvalue weighted by Gasteiger charge is 2.19. The van der Waals surface area contributed by atoms with Crippen LogP contribution in [0.4, 0.5) is 17.1 Å². The zero-order chi connectivity index (χ0) is 31.6. The zero-order valence-corrected chi connectivity index (χ0v) is 25.7. The predicted molar refractivity (Wildman–Crippen MR) is 196 cm³/mol. The van der Waals surface area contributed by atoms with Crippen molar-refractivity contribution in [3.63, 3.8) is 0 Å². The molecular weight excluding hydrogens is 590 g/mol. The van der Waals surface area contributed by atoms with Crippen LogP contribution in [-0.2, 0) is 0 Å². The Bertz CT molecular complexity index is 2770. The van der Waals surface area contributed by atoms with Gasteiger partial charge in [0.25, 0.3) is 0 Å². The standard InChI is InChI=1S/C43H27N3O2/c1-3-11-29(12-4-1)45(32-23-24-37-35(27-32)33-15-7-9-17-36(33)46(37)30-13-5-2-6-14-30)31-21-19-28(20-22-31)43-44-42-40(48-43)26-25-39-41(42)34-16-8-10-18-38(34)47-39/h1-27H. The van der Waals surface area contributed by atoms with E-state index < -0.39 is 0 Å². The van der Waals surface area contributed by atoms with Gasteiger partial charge in [0.2, 0.25) is 5.89 Å². The van der Waals surface area contributed by atoms with E-state index in [9.17, 15) is 0 Å². The van der Waals surface area contributed by atoms with E-state index in [1.54, 1.807) is 0 Å². The Balaban J connectivity index is 1.09. The third kappa shape index (κ3) is 4.08. The molecule has 0 radical (unpaired) electrons. The van der Waals surface area contributed by atoms with Gasteiger partial charge in [-0.25, -0.2) is 4.98 Å². The fraction of sp³-hybridized carbons (Fsp3) is 0. The number of furan rings is 1. The maximum Gasteiger partial charge on any atom is 0.227 e. The third-order valence-electron chi connectivity index (χ3n) is 9.21. The summed E-state index contributed by atoms with van der Waals surface area (Å²) >= 11 is 0. The molecule has 5 heteroatoms. The molecule has 7 aromatic carbocycles. The van der Waals surface area contributed by atoms with Gasteiger partial charge < -0.3 is 18.3 Å². The maximum atomic E-state index is 6.31. The van der Waals surface area contributed by atoms with Gasteiger partial charge in [-0.05, 0) is 91.0 Å². The number of oxazole rings is 1. The Kier molecular flexibility index (Phi) is 5.81. The Morgan fingerprint density at radius 3 is 1.94 bits per heavy atom. The molecule has 0 fully saturated rings. The van der Waals surface area contributed by atoms with Crippen LogP contribution in [0.1, 0.15) is 0 Å². The molecule has 226 valence electrons. The lowest BCUT2D eigenvalue weighted by Crippen LogP contribution is -2.09. The van der Waals surface area contributed by atoms with E-state index in [0.717, 1.165) is 61.4 Å². The lowest BCUT2D eigenvalue weighted by Gasteiger charge is -2.25. The monoisotopic (exact) mass is 617 g/mol. The fourth-order valence-electron chi connectivity index (χ4n) is 7.06. The Morgan fingerprint density at radius 1 is 0.458 bits per heavy atom. The molecule has 0 bridgehead atoms. The van der Waals surface area contributed by atoms with Crippen LogP contribution < -0.4 is 4.90 Å². The van der Waals surface area contributed by atoms with Gasteiger partial charge in [0.1, 0.15) is 16.7 Å². The van der Waals surface area contributed by atoms with Crippen molar-refractivity contribution < 1.29 is 8.83 Å². The molecular formula is C43H27N3O2. The molecule has 10 rings (SSSR count). The summed E-state index contributed by atoms with van der Waals surface area (Å²) in [6.45, 7) is 0. The molecule has 3 aromatic heterocycles. The largest absolute Gasteiger partial charge is 0.456 e. The Morgan fingerprint density at radius 2 is 1.10 bits per heavy atom. The molecule has 0 aliphatic carbocycles. The third-order valence-corrected chi connectivity index (χ3v) is 9.21. The van der Waals surface area contributed by atoms with Crippen LogP contribution in [0.3, 0.4) is 0 Å². The van der Waals surface area contributed by atoms with Gasteiger partial charge in [-0.2, -0.15) is 0 Å². The van der Waals surface area contributed by atoms with E-state index >= 15 is 0 Å². The lowest BCUT2D eigenvalue weighted by molar-refractivity contribution is 0.619. The molecule has 0 aliphatic rings. The van der Waals surface area contributed by atoms with Crippen LogP contribution >= 0.6 is 0 Å². The summed E-state index contributed by atoms with van der Waals surface area (Å²) < 4.78 is 14.7. The van der Waals surface area contributed by atoms with Crippen LogP contribution in [0.15, 0.2) is 173 Å². The molecule has 10 aromatic rings. The second-order valence-corrected chi connectivity index (χ2v) is 12.0. The Labute approximate surface area is 275 Å². The normalized spacial score (nSPS) is 11.8. The molecule has 0 aliphatic heterocycles. The van der Waals surface area contributed by atoms with Crippen molar-refractivity contribution >= 4 is 71.9 Å². The quantitative estimate of drug-likeness (QED) is 0.193. The van der Waals surface area contributed by atoms with Gasteiger partial charge in [0.15, 0.2) is 5.58 Å². The summed E-state index contributed by atoms with van der Waals surface area (Å²) in [5.41, 5.74) is 10.8. The Hall–Kier alpha value is -6.59. The number of benzene rings is 7. The first-order valence-corrected chi connectivity index (χ1v) is 16.1. The number of hydrogen-bond acceptors (Lipinski definition) is 4. The zero-order valence-electron chi connectivity index (χ0n) is 25.7. The van der Waals surface area contributed by atoms with Crippen LogP contribution in [-0.4, -0.2) is 9.55 Å². The number of rotatable bonds is 5. The number of hydrogen-bond donors (Lipinski definition) is 0. The van der Waals surface area contributed by atoms with E-state index in [0.29, 0.717) is 5.89 Å². The van der Waals surface area contributed by atoms with Crippen LogP contribution in [0.2, 0.25) is 0 Å². The van der Waals surface area contributed by atoms with Gasteiger partial charge in [-0.15, -0.1) is 0 Å². The second kappa shape index (κ2) is 10.5. The van der Waals surface area contributed by atoms with Crippen molar-refractivity contribution in [3.8, 4) is 17.1 Å². The minimum absolute atomic E-state index is 0.579. The topological polar surface area (TPSA) is 47.3 Å². The van der Waals surface area contributed by atoms with Crippen LogP contribution in [0, 0.1) is 0 Å². The van der Waals surface area contributed by atoms with Crippen LogP contribution in [0.25, 0.3) is 72.0 Å². The van der Waals surface area contributed by atoms with Gasteiger partial charge >= 0.3 is 0 Å². The van der Waals surface area contributed by atoms with E-state index in [-0.39, 0.29) is 0 Å². The minimum atomic E-state index is 0.579. The fourth-order valence-corrected chi connectivity index (χ4v) is 7.06. The first-order chi connectivity index (χ1) is 23.8. The number of nitrogens with zero attached hydrogens (tertiary/aromatic N) is 3. The predicted octanol–water partition coefficient (Wildman–Crippen LogP) is 12.0. The SMILES string of the molecule is c1ccc(N(c2ccc(-c3nc4c(ccc5oc6ccccc6c54)o3)cc2)c2ccc3c(c2)c2ccccc2n3-c2ccccc2)cc1. The molecule has 0 unspecified atom stereocenters. The van der Waals surface area contributed by atoms with Gasteiger partial charge in [0, 0.05) is 44.5 Å². The summed E-state index contributed by atoms with van der Waals surface area (Å²) in [5, 5.41) is 4.44. The average Bonchev–Trinajstić information content (AvgIpc) is 3.84. The lowest BCUT2D eigenvalue weighted by atomic mass is 10.1. The first-order valence-electron chi connectivity index (χ1n) is 16.1. The van der Waals surface area contributed by atoms with E-state index in [4.69, 9.17) is 13.8 Å². The van der Waals surface area contributed by atoms with Crippen molar-refractivity contribution in [2.24, 2.45) is 0 Å². The molecule has 0 saturated heterocycles. The highest BCUT2D eigenvalue weighted by Crippen LogP contribution is 2.41. The molecule has 0 spiro atoms. The van der Waals surface area contributed by atoms with Crippen molar-refractivity contribution in [2.45, 2.75) is 0 Å². The molecule has 48 heavy (non-hydrogen) atoms. The van der Waals surface area contributed by atoms with Crippen LogP contribution in [0.5, 0.6) is 0 Å². The molecule has 0 amide bonds. The molecule has 3 heterocycles. The molecule has 5 nitrogen and oxygen atoms in total. The maximum absolute atomic E-state index is 6.31. The summed E-state index contributed by atoms with van der Waals surface area (Å²) in [6.07, 6.45) is 0. The molecule has 0 N–H and O–H groups in total. The van der Waals surface area contributed by atoms with Crippen molar-refractivity contribution in [2.75, 3.05) is 4.90 Å². The van der Waals surface area contributed by atoms with Crippen molar-refractivity contribution in [1.82, 2.24) is 9.55 Å². The van der Waals surface area contributed by atoms with Crippen molar-refractivity contribution in [3.05, 3.63) is 164 Å². The number of aromatic nitrogens is 2. The highest BCUT2D eigenvalue weighted by molar-refractivity contribution is 6.16. The minimum Gasteiger partial charge on any atom is -0.456 e. The number of anilines is 3. The average molecular weight is 618 g/mol. The number of para-hydroxylation sites is 4. The van der Waals surface area contributed by atoms with E-state index in [2.05, 4.69) is 143 Å². The summed E-state index contributed by atoms with van der Waals surface area (Å²) in [5.74, 6) is 0.579. The van der Waals surface area contributed by atoms with Crippen molar-refractivity contribution in [1.29, 1.82) is 0 Å². The van der Waals surface area contributed by atoms with Gasteiger partial charge in [0.05, 0.1) is 16.4 Å². The summed E-state index contributed by atoms with van der Waals surface area (Å²) in [7, 11) is 0. The summed E-state index contributed by atoms with van der Waals surface area (Å²) in [4.78, 5) is 7.27. The van der Waals surface area contributed by atoms with Gasteiger partial charge in [-0.3, -0.25) is 0 Å². The second-order valence-electron chi connectivity index (χ2n) is 12.0. The smallest absolute Gasteiger partial charge is 0.227 e. The van der Waals surface area contributed by atoms with E-state index in [1.807, 2.05) is 30.3 Å². The van der Waals surface area contributed by atoms with E-state index in [1.165, 1.54) is 21.8 Å². The number of fused-ring (bicyclic) bond motifs is 8. The summed E-state index contributed by atoms with van der Waals surface area (Å²) in [6, 6.07) is 56.8.